The average molecular weight is 477 g/mol. The third kappa shape index (κ3) is 5.14. The Labute approximate surface area is 202 Å². The van der Waals surface area contributed by atoms with Gasteiger partial charge in [-0.05, 0) is 50.6 Å². The molecule has 0 aliphatic carbocycles. The molecule has 0 fully saturated rings. The van der Waals surface area contributed by atoms with E-state index in [-0.39, 0.29) is 11.9 Å². The standard InChI is InChI=1S/C26H28N4O3S/c1-26(2,3)34(32)30-22(16-17-10-9-14-21(28-17)25(31)27-4)18-11-5-6-12-19(18)24-20-13-7-8-15-23(20)33-29-24/h5-15,22,30H,16H2,1-4H3,(H,27,31)/t22?,34-/m0/s1. The summed E-state index contributed by atoms with van der Waals surface area (Å²) in [5.74, 6) is -0.251. The zero-order chi connectivity index (χ0) is 24.3. The van der Waals surface area contributed by atoms with Crippen molar-refractivity contribution in [1.82, 2.24) is 20.2 Å². The molecule has 4 aromatic rings. The Balaban J connectivity index is 1.78. The van der Waals surface area contributed by atoms with E-state index >= 15 is 0 Å². The van der Waals surface area contributed by atoms with Crippen LogP contribution in [0, 0.1) is 0 Å². The van der Waals surface area contributed by atoms with Crippen molar-refractivity contribution in [2.24, 2.45) is 0 Å². The second-order valence-electron chi connectivity index (χ2n) is 8.96. The lowest BCUT2D eigenvalue weighted by Crippen LogP contribution is -2.42. The minimum absolute atomic E-state index is 0.251. The zero-order valence-electron chi connectivity index (χ0n) is 19.7. The summed E-state index contributed by atoms with van der Waals surface area (Å²) in [5.41, 5.74) is 4.29. The second-order valence-corrected chi connectivity index (χ2v) is 11.0. The van der Waals surface area contributed by atoms with Crippen LogP contribution in [0.3, 0.4) is 0 Å². The van der Waals surface area contributed by atoms with Gasteiger partial charge in [0.2, 0.25) is 0 Å². The highest BCUT2D eigenvalue weighted by atomic mass is 32.2. The van der Waals surface area contributed by atoms with Gasteiger partial charge in [0.1, 0.15) is 16.1 Å². The van der Waals surface area contributed by atoms with Crippen LogP contribution in [0.1, 0.15) is 48.6 Å². The van der Waals surface area contributed by atoms with Crippen LogP contribution in [0.2, 0.25) is 0 Å². The molecule has 2 aromatic carbocycles. The predicted octanol–water partition coefficient (Wildman–Crippen LogP) is 4.59. The number of nitrogens with one attached hydrogen (secondary N) is 2. The molecule has 8 heteroatoms. The lowest BCUT2D eigenvalue weighted by molar-refractivity contribution is 0.0958. The van der Waals surface area contributed by atoms with Crippen LogP contribution in [0.25, 0.3) is 22.2 Å². The maximum atomic E-state index is 13.2. The van der Waals surface area contributed by atoms with E-state index in [1.807, 2.05) is 81.4 Å². The molecule has 176 valence electrons. The highest BCUT2D eigenvalue weighted by molar-refractivity contribution is 7.90. The number of fused-ring (bicyclic) bond motifs is 1. The quantitative estimate of drug-likeness (QED) is 0.378. The highest BCUT2D eigenvalue weighted by Gasteiger charge is 2.31. The van der Waals surface area contributed by atoms with Gasteiger partial charge in [-0.15, -0.1) is 4.72 Å². The number of benzene rings is 2. The van der Waals surface area contributed by atoms with Gasteiger partial charge in [-0.1, -0.05) is 47.6 Å². The van der Waals surface area contributed by atoms with Crippen LogP contribution >= 0.6 is 0 Å². The lowest BCUT2D eigenvalue weighted by atomic mass is 9.94. The largest absolute Gasteiger partial charge is 0.598 e. The van der Waals surface area contributed by atoms with Gasteiger partial charge in [0.25, 0.3) is 5.91 Å². The first-order valence-corrected chi connectivity index (χ1v) is 12.2. The minimum Gasteiger partial charge on any atom is -0.598 e. The van der Waals surface area contributed by atoms with Gasteiger partial charge in [-0.3, -0.25) is 4.79 Å². The number of hydrogen-bond acceptors (Lipinski definition) is 6. The van der Waals surface area contributed by atoms with Crippen LogP contribution in [0.15, 0.2) is 71.3 Å². The molecule has 0 radical (unpaired) electrons. The number of amides is 1. The third-order valence-corrected chi connectivity index (χ3v) is 7.06. The number of nitrogens with zero attached hydrogens (tertiary/aromatic N) is 2. The van der Waals surface area contributed by atoms with Crippen LogP contribution in [0.5, 0.6) is 0 Å². The van der Waals surface area contributed by atoms with Crippen molar-refractivity contribution in [2.45, 2.75) is 38.0 Å². The Bertz CT molecular complexity index is 1300. The van der Waals surface area contributed by atoms with Gasteiger partial charge in [0, 0.05) is 41.5 Å². The maximum Gasteiger partial charge on any atom is 0.269 e. The summed E-state index contributed by atoms with van der Waals surface area (Å²) in [6.07, 6.45) is 0.430. The molecule has 2 atom stereocenters. The number of carbonyl (C=O) groups excluding carboxylic acids is 1. The first-order chi connectivity index (χ1) is 16.3. The highest BCUT2D eigenvalue weighted by Crippen LogP contribution is 2.35. The monoisotopic (exact) mass is 476 g/mol. The van der Waals surface area contributed by atoms with Gasteiger partial charge >= 0.3 is 0 Å². The molecule has 2 heterocycles. The molecule has 0 saturated carbocycles. The van der Waals surface area contributed by atoms with Gasteiger partial charge in [-0.25, -0.2) is 4.98 Å². The van der Waals surface area contributed by atoms with E-state index < -0.39 is 16.1 Å². The van der Waals surface area contributed by atoms with E-state index in [1.165, 1.54) is 0 Å². The molecule has 0 spiro atoms. The first kappa shape index (κ1) is 23.9. The molecule has 0 aliphatic rings. The molecule has 34 heavy (non-hydrogen) atoms. The van der Waals surface area contributed by atoms with E-state index in [0.717, 1.165) is 22.2 Å². The van der Waals surface area contributed by atoms with Crippen LogP contribution < -0.4 is 10.0 Å². The molecular weight excluding hydrogens is 448 g/mol. The molecule has 2 aromatic heterocycles. The van der Waals surface area contributed by atoms with Crippen LogP contribution in [0.4, 0.5) is 0 Å². The molecule has 0 aliphatic heterocycles. The second kappa shape index (κ2) is 9.97. The first-order valence-electron chi connectivity index (χ1n) is 11.1. The topological polar surface area (TPSA) is 103 Å². The normalized spacial score (nSPS) is 13.6. The van der Waals surface area contributed by atoms with Crippen molar-refractivity contribution in [3.05, 3.63) is 83.7 Å². The summed E-state index contributed by atoms with van der Waals surface area (Å²) in [6, 6.07) is 20.6. The summed E-state index contributed by atoms with van der Waals surface area (Å²) < 4.78 is 21.6. The lowest BCUT2D eigenvalue weighted by Gasteiger charge is -2.29. The van der Waals surface area contributed by atoms with E-state index in [9.17, 15) is 9.35 Å². The number of carbonyl (C=O) groups is 1. The van der Waals surface area contributed by atoms with Crippen LogP contribution in [-0.2, 0) is 17.8 Å². The molecule has 7 nitrogen and oxygen atoms in total. The van der Waals surface area contributed by atoms with Crippen molar-refractivity contribution in [2.75, 3.05) is 7.05 Å². The Morgan fingerprint density at radius 2 is 1.79 bits per heavy atom. The molecular formula is C26H28N4O3S. The molecule has 1 amide bonds. The molecule has 4 rings (SSSR count). The van der Waals surface area contributed by atoms with Crippen molar-refractivity contribution < 1.29 is 13.9 Å². The molecule has 2 N–H and O–H groups in total. The van der Waals surface area contributed by atoms with Gasteiger partial charge in [-0.2, -0.15) is 0 Å². The van der Waals surface area contributed by atoms with Crippen molar-refractivity contribution in [1.29, 1.82) is 0 Å². The van der Waals surface area contributed by atoms with Crippen LogP contribution in [-0.4, -0.2) is 32.4 Å². The summed E-state index contributed by atoms with van der Waals surface area (Å²) >= 11 is -1.34. The minimum atomic E-state index is -1.34. The summed E-state index contributed by atoms with van der Waals surface area (Å²) in [6.45, 7) is 5.78. The van der Waals surface area contributed by atoms with E-state index in [4.69, 9.17) is 4.52 Å². The maximum absolute atomic E-state index is 13.2. The SMILES string of the molecule is CNC(=O)c1cccc(CC(N[S@@+]([O-])C(C)(C)C)c2ccccc2-c2noc3ccccc23)n1. The predicted molar refractivity (Wildman–Crippen MR) is 135 cm³/mol. The summed E-state index contributed by atoms with van der Waals surface area (Å²) in [5, 5.41) is 7.86. The van der Waals surface area contributed by atoms with Crippen molar-refractivity contribution in [3.63, 3.8) is 0 Å². The number of pyridine rings is 1. The molecule has 0 saturated heterocycles. The number of aromatic nitrogens is 2. The molecule has 0 bridgehead atoms. The Morgan fingerprint density at radius 1 is 1.06 bits per heavy atom. The number of para-hydroxylation sites is 1. The Morgan fingerprint density at radius 3 is 2.56 bits per heavy atom. The van der Waals surface area contributed by atoms with E-state index in [0.29, 0.717) is 23.4 Å². The smallest absolute Gasteiger partial charge is 0.269 e. The molecule has 1 unspecified atom stereocenters. The Hall–Kier alpha value is -3.20. The summed E-state index contributed by atoms with van der Waals surface area (Å²) in [4.78, 5) is 16.6. The van der Waals surface area contributed by atoms with Crippen molar-refractivity contribution >= 4 is 28.2 Å². The fraction of sp³-hybridized carbons (Fsp3) is 0.269. The van der Waals surface area contributed by atoms with Crippen molar-refractivity contribution in [3.8, 4) is 11.3 Å². The fourth-order valence-electron chi connectivity index (χ4n) is 3.67. The number of rotatable bonds is 7. The Kier molecular flexibility index (Phi) is 7.02. The van der Waals surface area contributed by atoms with E-state index in [1.54, 1.807) is 13.1 Å². The van der Waals surface area contributed by atoms with E-state index in [2.05, 4.69) is 20.2 Å². The van der Waals surface area contributed by atoms with Gasteiger partial charge in [0.15, 0.2) is 5.58 Å². The van der Waals surface area contributed by atoms with Gasteiger partial charge < -0.3 is 14.4 Å². The average Bonchev–Trinajstić information content (AvgIpc) is 3.26. The third-order valence-electron chi connectivity index (χ3n) is 5.45. The zero-order valence-corrected chi connectivity index (χ0v) is 20.5. The van der Waals surface area contributed by atoms with Gasteiger partial charge in [0.05, 0.1) is 6.04 Å². The summed E-state index contributed by atoms with van der Waals surface area (Å²) in [7, 11) is 1.58. The fourth-order valence-corrected chi connectivity index (χ4v) is 4.50. The number of hydrogen-bond donors (Lipinski definition) is 2.